The van der Waals surface area contributed by atoms with Crippen molar-refractivity contribution in [2.24, 2.45) is 5.92 Å². The summed E-state index contributed by atoms with van der Waals surface area (Å²) in [5.74, 6) is 2.02. The first kappa shape index (κ1) is 12.9. The molecule has 4 heteroatoms. The fourth-order valence-electron chi connectivity index (χ4n) is 1.03. The number of likely N-dealkylation sites (N-methyl/N-ethyl adjacent to an activating group) is 1. The summed E-state index contributed by atoms with van der Waals surface area (Å²) >= 11 is 1.77. The van der Waals surface area contributed by atoms with E-state index in [-0.39, 0.29) is 5.92 Å². The number of carbonyl (C=O) groups excluding carboxylic acids is 1. The minimum Gasteiger partial charge on any atom is -0.391 e. The number of hydrogen-bond acceptors (Lipinski definition) is 4. The van der Waals surface area contributed by atoms with Gasteiger partial charge in [0, 0.05) is 0 Å². The summed E-state index contributed by atoms with van der Waals surface area (Å²) in [7, 11) is 1.65. The average molecular weight is 204 g/mol. The van der Waals surface area contributed by atoms with Crippen LogP contribution in [0.1, 0.15) is 13.8 Å². The zero-order chi connectivity index (χ0) is 10.3. The molecule has 0 rings (SSSR count). The molecule has 13 heavy (non-hydrogen) atoms. The van der Waals surface area contributed by atoms with Gasteiger partial charge in [-0.3, -0.25) is 4.79 Å². The van der Waals surface area contributed by atoms with Crippen LogP contribution < -0.4 is 5.32 Å². The molecule has 0 aromatic heterocycles. The van der Waals surface area contributed by atoms with Crippen LogP contribution in [0.5, 0.6) is 0 Å². The van der Waals surface area contributed by atoms with Crippen molar-refractivity contribution in [1.29, 1.82) is 0 Å². The van der Waals surface area contributed by atoms with Gasteiger partial charge in [0.15, 0.2) is 0 Å². The van der Waals surface area contributed by atoms with Gasteiger partial charge in [0.25, 0.3) is 0 Å². The van der Waals surface area contributed by atoms with E-state index in [2.05, 4.69) is 12.2 Å². The average Bonchev–Trinajstić information content (AvgIpc) is 2.15. The largest absolute Gasteiger partial charge is 0.391 e. The molecule has 1 unspecified atom stereocenters. The Kier molecular flexibility index (Phi) is 7.32. The highest BCUT2D eigenvalue weighted by Crippen LogP contribution is 2.13. The molecule has 0 aliphatic heterocycles. The fraction of sp³-hybridized carbons (Fsp3) is 0.889. The molecule has 0 spiro atoms. The molecule has 3 atom stereocenters. The van der Waals surface area contributed by atoms with Crippen molar-refractivity contribution < 1.29 is 9.90 Å². The Hall–Kier alpha value is -0.0600. The Bertz CT molecular complexity index is 144. The quantitative estimate of drug-likeness (QED) is 0.631. The second-order valence-electron chi connectivity index (χ2n) is 3.01. The monoisotopic (exact) mass is 204 g/mol. The molecule has 0 saturated carbocycles. The van der Waals surface area contributed by atoms with Crippen LogP contribution in [-0.2, 0) is 4.79 Å². The molecule has 77 valence electrons. The maximum atomic E-state index is 10.4. The van der Waals surface area contributed by atoms with Gasteiger partial charge in [-0.05, 0) is 24.5 Å². The molecule has 0 heterocycles. The minimum atomic E-state index is -0.637. The van der Waals surface area contributed by atoms with Crippen molar-refractivity contribution in [3.63, 3.8) is 0 Å². The lowest BCUT2D eigenvalue weighted by Crippen LogP contribution is -2.43. The highest BCUT2D eigenvalue weighted by molar-refractivity contribution is 7.99. The van der Waals surface area contributed by atoms with Crippen molar-refractivity contribution in [2.45, 2.75) is 26.0 Å². The first-order valence-electron chi connectivity index (χ1n) is 4.48. The van der Waals surface area contributed by atoms with E-state index in [1.165, 1.54) is 0 Å². The highest BCUT2D eigenvalue weighted by atomic mass is 32.2. The van der Waals surface area contributed by atoms with Crippen molar-refractivity contribution in [3.8, 4) is 0 Å². The number of thioether (sulfide) groups is 1. The number of aliphatic hydroxyl groups excluding tert-OH is 1. The van der Waals surface area contributed by atoms with Crippen molar-refractivity contribution in [1.82, 2.24) is 5.32 Å². The molecule has 2 N–H and O–H groups in total. The van der Waals surface area contributed by atoms with Crippen LogP contribution in [0.2, 0.25) is 0 Å². The maximum Gasteiger partial charge on any atom is 0.219 e. The number of hydrogen-bond donors (Lipinski definition) is 2. The van der Waals surface area contributed by atoms with Gasteiger partial charge in [0.05, 0.1) is 6.10 Å². The van der Waals surface area contributed by atoms with Gasteiger partial charge in [-0.25, -0.2) is 0 Å². The Morgan fingerprint density at radius 2 is 2.23 bits per heavy atom. The summed E-state index contributed by atoms with van der Waals surface area (Å²) in [6.07, 6.45) is 1.15. The van der Waals surface area contributed by atoms with Gasteiger partial charge in [-0.1, -0.05) is 13.8 Å². The number of rotatable bonds is 7. The minimum absolute atomic E-state index is 0.115. The third kappa shape index (κ3) is 4.64. The lowest BCUT2D eigenvalue weighted by molar-refractivity contribution is 0.109. The van der Waals surface area contributed by atoms with Crippen molar-refractivity contribution in [2.75, 3.05) is 18.6 Å². The zero-order valence-corrected chi connectivity index (χ0v) is 9.23. The summed E-state index contributed by atoms with van der Waals surface area (Å²) < 4.78 is 0. The first-order chi connectivity index (χ1) is 6.17. The molecular formula is C9H18NO2S. The number of aliphatic hydroxyl groups is 1. The van der Waals surface area contributed by atoms with E-state index in [9.17, 15) is 9.90 Å². The second kappa shape index (κ2) is 7.35. The molecule has 0 aliphatic carbocycles. The van der Waals surface area contributed by atoms with Gasteiger partial charge in [-0.2, -0.15) is 11.8 Å². The Morgan fingerprint density at radius 1 is 1.62 bits per heavy atom. The zero-order valence-electron chi connectivity index (χ0n) is 8.41. The molecular weight excluding hydrogens is 186 g/mol. The summed E-state index contributed by atoms with van der Waals surface area (Å²) in [6, 6.07) is -0.563. The maximum absolute atomic E-state index is 10.4. The van der Waals surface area contributed by atoms with Crippen LogP contribution in [0.3, 0.4) is 0 Å². The van der Waals surface area contributed by atoms with E-state index in [0.717, 1.165) is 11.5 Å². The summed E-state index contributed by atoms with van der Waals surface area (Å²) in [5.41, 5.74) is 0. The Balaban J connectivity index is 3.90. The fourth-order valence-corrected chi connectivity index (χ4v) is 1.83. The van der Waals surface area contributed by atoms with Crippen molar-refractivity contribution >= 4 is 18.0 Å². The Labute approximate surface area is 84.3 Å². The molecule has 0 saturated heterocycles. The summed E-state index contributed by atoms with van der Waals surface area (Å²) in [5, 5.41) is 12.4. The van der Waals surface area contributed by atoms with Gasteiger partial charge < -0.3 is 10.4 Å². The van der Waals surface area contributed by atoms with Crippen LogP contribution in [0.25, 0.3) is 0 Å². The smallest absolute Gasteiger partial charge is 0.219 e. The van der Waals surface area contributed by atoms with Crippen LogP contribution in [0.4, 0.5) is 0 Å². The highest BCUT2D eigenvalue weighted by Gasteiger charge is 2.23. The molecule has 0 bridgehead atoms. The van der Waals surface area contributed by atoms with Gasteiger partial charge in [0.2, 0.25) is 6.29 Å². The van der Waals surface area contributed by atoms with Crippen LogP contribution in [-0.4, -0.2) is 42.1 Å². The van der Waals surface area contributed by atoms with Crippen LogP contribution in [0.15, 0.2) is 0 Å². The second-order valence-corrected chi connectivity index (χ2v) is 4.33. The third-order valence-electron chi connectivity index (χ3n) is 1.95. The summed E-state index contributed by atoms with van der Waals surface area (Å²) in [6.45, 7) is 4.01. The lowest BCUT2D eigenvalue weighted by Gasteiger charge is -2.22. The molecule has 1 radical (unpaired) electrons. The third-order valence-corrected chi connectivity index (χ3v) is 3.12. The lowest BCUT2D eigenvalue weighted by atomic mass is 10.0. The van der Waals surface area contributed by atoms with Crippen LogP contribution in [0, 0.1) is 5.92 Å². The topological polar surface area (TPSA) is 49.3 Å². The predicted molar refractivity (Wildman–Crippen MR) is 56.7 cm³/mol. The molecule has 0 aromatic carbocycles. The van der Waals surface area contributed by atoms with E-state index in [1.54, 1.807) is 25.1 Å². The predicted octanol–water partition coefficient (Wildman–Crippen LogP) is 0.434. The standard InChI is InChI=1S/C9H18NO2S/c1-4-13-6-7(2)9(12)8(5-11)10-3/h7-10,12H,4,6H2,1-3H3/t7?,8-,9-/m1/s1. The van der Waals surface area contributed by atoms with E-state index < -0.39 is 12.1 Å². The number of nitrogens with one attached hydrogen (secondary N) is 1. The van der Waals surface area contributed by atoms with Gasteiger partial charge in [-0.15, -0.1) is 0 Å². The molecule has 0 aromatic rings. The Morgan fingerprint density at radius 3 is 2.62 bits per heavy atom. The van der Waals surface area contributed by atoms with E-state index in [1.807, 2.05) is 6.92 Å². The van der Waals surface area contributed by atoms with Gasteiger partial charge in [0.1, 0.15) is 6.04 Å². The van der Waals surface area contributed by atoms with E-state index >= 15 is 0 Å². The molecule has 3 nitrogen and oxygen atoms in total. The molecule has 0 amide bonds. The van der Waals surface area contributed by atoms with E-state index in [4.69, 9.17) is 0 Å². The van der Waals surface area contributed by atoms with Crippen molar-refractivity contribution in [3.05, 3.63) is 0 Å². The SMILES string of the molecule is CCSCC(C)[C@@H](O)[C@@H]([C]=O)NC. The van der Waals surface area contributed by atoms with Crippen LogP contribution >= 0.6 is 11.8 Å². The molecule has 0 fully saturated rings. The van der Waals surface area contributed by atoms with E-state index in [0.29, 0.717) is 0 Å². The summed E-state index contributed by atoms with van der Waals surface area (Å²) in [4.78, 5) is 10.4. The van der Waals surface area contributed by atoms with Gasteiger partial charge >= 0.3 is 0 Å². The normalized spacial score (nSPS) is 17.8. The first-order valence-corrected chi connectivity index (χ1v) is 5.63. The molecule has 0 aliphatic rings.